The molecule has 3 heteroatoms. The van der Waals surface area contributed by atoms with Crippen molar-refractivity contribution in [3.05, 3.63) is 29.8 Å². The molecule has 2 fully saturated rings. The second kappa shape index (κ2) is 7.65. The maximum absolute atomic E-state index is 3.35. The Labute approximate surface area is 124 Å². The fourth-order valence-electron chi connectivity index (χ4n) is 2.79. The topological polar surface area (TPSA) is 18.5 Å². The molecule has 0 bridgehead atoms. The average molecular weight is 275 g/mol. The Balaban J connectivity index is 0.000000704. The fourth-order valence-corrected chi connectivity index (χ4v) is 2.79. The maximum Gasteiger partial charge on any atom is 0.0367 e. The second-order valence-electron chi connectivity index (χ2n) is 5.65. The SMILES string of the molecule is CC.Cc1ccc(N2CCN(CC3CNC3)CC2)cc1. The Morgan fingerprint density at radius 3 is 2.10 bits per heavy atom. The minimum absolute atomic E-state index is 0.899. The van der Waals surface area contributed by atoms with Crippen molar-refractivity contribution in [1.29, 1.82) is 0 Å². The number of hydrogen-bond donors (Lipinski definition) is 1. The minimum atomic E-state index is 0.899. The summed E-state index contributed by atoms with van der Waals surface area (Å²) in [6, 6.07) is 8.92. The summed E-state index contributed by atoms with van der Waals surface area (Å²) in [5, 5.41) is 3.35. The molecule has 1 aromatic rings. The molecule has 1 aromatic carbocycles. The summed E-state index contributed by atoms with van der Waals surface area (Å²) in [5.41, 5.74) is 2.72. The first-order valence-corrected chi connectivity index (χ1v) is 8.06. The van der Waals surface area contributed by atoms with Crippen LogP contribution in [0.25, 0.3) is 0 Å². The number of piperazine rings is 1. The lowest BCUT2D eigenvalue weighted by molar-refractivity contribution is 0.184. The van der Waals surface area contributed by atoms with E-state index in [1.807, 2.05) is 13.8 Å². The molecule has 2 aliphatic heterocycles. The molecule has 0 aliphatic carbocycles. The summed E-state index contributed by atoms with van der Waals surface area (Å²) in [5.74, 6) is 0.899. The van der Waals surface area contributed by atoms with E-state index in [1.54, 1.807) is 0 Å². The van der Waals surface area contributed by atoms with Gasteiger partial charge in [-0.15, -0.1) is 0 Å². The summed E-state index contributed by atoms with van der Waals surface area (Å²) >= 11 is 0. The molecule has 0 unspecified atom stereocenters. The summed E-state index contributed by atoms with van der Waals surface area (Å²) in [6.07, 6.45) is 0. The Morgan fingerprint density at radius 1 is 1.00 bits per heavy atom. The zero-order valence-corrected chi connectivity index (χ0v) is 13.2. The van der Waals surface area contributed by atoms with Gasteiger partial charge in [0.2, 0.25) is 0 Å². The van der Waals surface area contributed by atoms with Crippen molar-refractivity contribution in [3.63, 3.8) is 0 Å². The highest BCUT2D eigenvalue weighted by Gasteiger charge is 2.23. The number of anilines is 1. The van der Waals surface area contributed by atoms with Gasteiger partial charge in [0.05, 0.1) is 0 Å². The summed E-state index contributed by atoms with van der Waals surface area (Å²) in [7, 11) is 0. The van der Waals surface area contributed by atoms with Crippen LogP contribution in [0.2, 0.25) is 0 Å². The third-order valence-electron chi connectivity index (χ3n) is 4.15. The van der Waals surface area contributed by atoms with Gasteiger partial charge in [-0.25, -0.2) is 0 Å². The molecule has 3 nitrogen and oxygen atoms in total. The normalized spacial score (nSPS) is 20.1. The van der Waals surface area contributed by atoms with Gasteiger partial charge in [-0.3, -0.25) is 4.90 Å². The van der Waals surface area contributed by atoms with Gasteiger partial charge >= 0.3 is 0 Å². The fraction of sp³-hybridized carbons (Fsp3) is 0.647. The van der Waals surface area contributed by atoms with Crippen molar-refractivity contribution in [1.82, 2.24) is 10.2 Å². The van der Waals surface area contributed by atoms with Crippen LogP contribution in [0.3, 0.4) is 0 Å². The maximum atomic E-state index is 3.35. The van der Waals surface area contributed by atoms with E-state index in [0.29, 0.717) is 0 Å². The van der Waals surface area contributed by atoms with Crippen molar-refractivity contribution < 1.29 is 0 Å². The van der Waals surface area contributed by atoms with Gasteiger partial charge in [-0.05, 0) is 25.0 Å². The molecule has 0 amide bonds. The van der Waals surface area contributed by atoms with Gasteiger partial charge in [-0.1, -0.05) is 31.5 Å². The number of rotatable bonds is 3. The quantitative estimate of drug-likeness (QED) is 0.913. The van der Waals surface area contributed by atoms with Crippen molar-refractivity contribution in [2.24, 2.45) is 5.92 Å². The molecule has 0 spiro atoms. The molecule has 2 aliphatic rings. The molecule has 112 valence electrons. The van der Waals surface area contributed by atoms with Crippen molar-refractivity contribution >= 4 is 5.69 Å². The lowest BCUT2D eigenvalue weighted by Crippen LogP contribution is -2.53. The first kappa shape index (κ1) is 15.3. The van der Waals surface area contributed by atoms with Crippen LogP contribution >= 0.6 is 0 Å². The van der Waals surface area contributed by atoms with E-state index in [2.05, 4.69) is 46.3 Å². The molecule has 2 saturated heterocycles. The van der Waals surface area contributed by atoms with Crippen LogP contribution in [0.15, 0.2) is 24.3 Å². The lowest BCUT2D eigenvalue weighted by atomic mass is 10.0. The van der Waals surface area contributed by atoms with E-state index in [-0.39, 0.29) is 0 Å². The average Bonchev–Trinajstić information content (AvgIpc) is 2.47. The van der Waals surface area contributed by atoms with E-state index >= 15 is 0 Å². The van der Waals surface area contributed by atoms with Crippen molar-refractivity contribution in [3.8, 4) is 0 Å². The Morgan fingerprint density at radius 2 is 1.60 bits per heavy atom. The highest BCUT2D eigenvalue weighted by atomic mass is 15.3. The van der Waals surface area contributed by atoms with Crippen molar-refractivity contribution in [2.45, 2.75) is 20.8 Å². The second-order valence-corrected chi connectivity index (χ2v) is 5.65. The van der Waals surface area contributed by atoms with E-state index in [1.165, 1.54) is 57.1 Å². The minimum Gasteiger partial charge on any atom is -0.369 e. The number of hydrogen-bond acceptors (Lipinski definition) is 3. The Kier molecular flexibility index (Phi) is 5.86. The standard InChI is InChI=1S/C15H23N3.C2H6/c1-13-2-4-15(5-3-13)18-8-6-17(7-9-18)12-14-10-16-11-14;1-2/h2-5,14,16H,6-12H2,1H3;1-2H3. The number of benzene rings is 1. The predicted molar refractivity (Wildman–Crippen MR) is 87.5 cm³/mol. The molecular formula is C17H29N3. The van der Waals surface area contributed by atoms with Gasteiger partial charge < -0.3 is 10.2 Å². The zero-order chi connectivity index (χ0) is 14.4. The smallest absolute Gasteiger partial charge is 0.0367 e. The van der Waals surface area contributed by atoms with Gasteiger partial charge in [0, 0.05) is 51.5 Å². The zero-order valence-electron chi connectivity index (χ0n) is 13.2. The molecule has 0 atom stereocenters. The third-order valence-corrected chi connectivity index (χ3v) is 4.15. The summed E-state index contributed by atoms with van der Waals surface area (Å²) < 4.78 is 0. The Hall–Kier alpha value is -1.06. The van der Waals surface area contributed by atoms with E-state index in [9.17, 15) is 0 Å². The van der Waals surface area contributed by atoms with Crippen LogP contribution in [-0.4, -0.2) is 50.7 Å². The molecule has 2 heterocycles. The highest BCUT2D eigenvalue weighted by Crippen LogP contribution is 2.17. The first-order chi connectivity index (χ1) is 9.81. The van der Waals surface area contributed by atoms with Crippen LogP contribution in [0.5, 0.6) is 0 Å². The van der Waals surface area contributed by atoms with Crippen LogP contribution in [0.1, 0.15) is 19.4 Å². The summed E-state index contributed by atoms with van der Waals surface area (Å²) in [4.78, 5) is 5.13. The van der Waals surface area contributed by atoms with E-state index < -0.39 is 0 Å². The molecule has 20 heavy (non-hydrogen) atoms. The molecular weight excluding hydrogens is 246 g/mol. The lowest BCUT2D eigenvalue weighted by Gasteiger charge is -2.39. The van der Waals surface area contributed by atoms with E-state index in [0.717, 1.165) is 5.92 Å². The monoisotopic (exact) mass is 275 g/mol. The Bertz CT molecular complexity index is 376. The van der Waals surface area contributed by atoms with Gasteiger partial charge in [0.1, 0.15) is 0 Å². The van der Waals surface area contributed by atoms with Gasteiger partial charge in [0.25, 0.3) is 0 Å². The summed E-state index contributed by atoms with van der Waals surface area (Å²) in [6.45, 7) is 14.6. The molecule has 3 rings (SSSR count). The van der Waals surface area contributed by atoms with Gasteiger partial charge in [0.15, 0.2) is 0 Å². The van der Waals surface area contributed by atoms with Crippen LogP contribution in [0.4, 0.5) is 5.69 Å². The van der Waals surface area contributed by atoms with Crippen LogP contribution < -0.4 is 10.2 Å². The molecule has 0 aromatic heterocycles. The van der Waals surface area contributed by atoms with Gasteiger partial charge in [-0.2, -0.15) is 0 Å². The molecule has 0 saturated carbocycles. The first-order valence-electron chi connectivity index (χ1n) is 8.06. The van der Waals surface area contributed by atoms with Crippen molar-refractivity contribution in [2.75, 3.05) is 50.7 Å². The number of nitrogens with zero attached hydrogens (tertiary/aromatic N) is 2. The highest BCUT2D eigenvalue weighted by molar-refractivity contribution is 5.47. The molecule has 0 radical (unpaired) electrons. The number of nitrogens with one attached hydrogen (secondary N) is 1. The van der Waals surface area contributed by atoms with E-state index in [4.69, 9.17) is 0 Å². The largest absolute Gasteiger partial charge is 0.369 e. The van der Waals surface area contributed by atoms with Crippen LogP contribution in [-0.2, 0) is 0 Å². The third kappa shape index (κ3) is 3.97. The van der Waals surface area contributed by atoms with Crippen LogP contribution in [0, 0.1) is 12.8 Å². The predicted octanol–water partition coefficient (Wildman–Crippen LogP) is 2.36. The number of aryl methyl sites for hydroxylation is 1. The molecule has 1 N–H and O–H groups in total.